The minimum atomic E-state index is -3.58. The Bertz CT molecular complexity index is 936. The molecular formula is C22H35N5O4S. The fraction of sp³-hybridized carbons (Fsp3) is 0.636. The summed E-state index contributed by atoms with van der Waals surface area (Å²) < 4.78 is 26.0. The summed E-state index contributed by atoms with van der Waals surface area (Å²) in [5.74, 6) is 0.0267. The van der Waals surface area contributed by atoms with Crippen molar-refractivity contribution in [2.75, 3.05) is 65.2 Å². The van der Waals surface area contributed by atoms with E-state index in [1.165, 1.54) is 20.2 Å². The first-order valence-corrected chi connectivity index (χ1v) is 12.6. The Morgan fingerprint density at radius 3 is 2.28 bits per heavy atom. The van der Waals surface area contributed by atoms with Gasteiger partial charge in [-0.05, 0) is 44.4 Å². The number of anilines is 1. The van der Waals surface area contributed by atoms with Crippen LogP contribution in [0.3, 0.4) is 0 Å². The zero-order chi connectivity index (χ0) is 23.5. The van der Waals surface area contributed by atoms with Crippen LogP contribution in [-0.2, 0) is 19.6 Å². The molecule has 0 aromatic heterocycles. The number of nitrogens with one attached hydrogen (secondary N) is 1. The van der Waals surface area contributed by atoms with Crippen LogP contribution in [-0.4, -0.2) is 105 Å². The first kappa shape index (κ1) is 24.6. The standard InChI is InChI=1S/C22H35N5O4S/c1-17-7-8-19(32(30,31)24(3)4)15-20(17)23-22(29)18(2)26-13-11-25(12-14-26)16-21(28)27-9-5-6-10-27/h7-8,15,18H,5-6,9-14,16H2,1-4H3,(H,23,29). The van der Waals surface area contributed by atoms with Crippen molar-refractivity contribution in [1.29, 1.82) is 0 Å². The number of hydrogen-bond acceptors (Lipinski definition) is 6. The third kappa shape index (κ3) is 5.67. The Kier molecular flexibility index (Phi) is 7.92. The number of nitrogens with zero attached hydrogens (tertiary/aromatic N) is 4. The summed E-state index contributed by atoms with van der Waals surface area (Å²) in [5.41, 5.74) is 1.30. The van der Waals surface area contributed by atoms with Crippen LogP contribution in [0.15, 0.2) is 23.1 Å². The summed E-state index contributed by atoms with van der Waals surface area (Å²) in [4.78, 5) is 31.6. The van der Waals surface area contributed by atoms with E-state index in [9.17, 15) is 18.0 Å². The number of amides is 2. The Morgan fingerprint density at radius 1 is 1.06 bits per heavy atom. The Hall–Kier alpha value is -2.01. The van der Waals surface area contributed by atoms with Gasteiger partial charge in [-0.1, -0.05) is 6.07 Å². The minimum Gasteiger partial charge on any atom is -0.342 e. The minimum absolute atomic E-state index is 0.146. The van der Waals surface area contributed by atoms with Gasteiger partial charge in [0.1, 0.15) is 0 Å². The van der Waals surface area contributed by atoms with E-state index in [-0.39, 0.29) is 22.8 Å². The molecule has 1 aromatic carbocycles. The second kappa shape index (κ2) is 10.3. The number of hydrogen-bond donors (Lipinski definition) is 1. The maximum atomic E-state index is 12.9. The van der Waals surface area contributed by atoms with Crippen molar-refractivity contribution in [3.05, 3.63) is 23.8 Å². The van der Waals surface area contributed by atoms with Gasteiger partial charge in [0, 0.05) is 59.1 Å². The lowest BCUT2D eigenvalue weighted by Gasteiger charge is -2.37. The summed E-state index contributed by atoms with van der Waals surface area (Å²) in [7, 11) is -0.620. The second-order valence-corrected chi connectivity index (χ2v) is 11.0. The number of sulfonamides is 1. The molecule has 1 N–H and O–H groups in total. The number of carbonyl (C=O) groups excluding carboxylic acids is 2. The Morgan fingerprint density at radius 2 is 1.69 bits per heavy atom. The van der Waals surface area contributed by atoms with Crippen LogP contribution in [0.25, 0.3) is 0 Å². The van der Waals surface area contributed by atoms with E-state index in [1.807, 2.05) is 18.7 Å². The Balaban J connectivity index is 1.56. The first-order valence-electron chi connectivity index (χ1n) is 11.2. The highest BCUT2D eigenvalue weighted by molar-refractivity contribution is 7.89. The van der Waals surface area contributed by atoms with Gasteiger partial charge in [0.2, 0.25) is 21.8 Å². The molecular weight excluding hydrogens is 430 g/mol. The molecule has 1 unspecified atom stereocenters. The second-order valence-electron chi connectivity index (χ2n) is 8.83. The Labute approximate surface area is 191 Å². The van der Waals surface area contributed by atoms with E-state index in [2.05, 4.69) is 15.1 Å². The number of likely N-dealkylation sites (tertiary alicyclic amines) is 1. The highest BCUT2D eigenvalue weighted by Crippen LogP contribution is 2.22. The number of aryl methyl sites for hydroxylation is 1. The van der Waals surface area contributed by atoms with E-state index >= 15 is 0 Å². The van der Waals surface area contributed by atoms with Crippen molar-refractivity contribution in [2.24, 2.45) is 0 Å². The zero-order valence-corrected chi connectivity index (χ0v) is 20.3. The largest absolute Gasteiger partial charge is 0.342 e. The van der Waals surface area contributed by atoms with E-state index < -0.39 is 10.0 Å². The van der Waals surface area contributed by atoms with E-state index in [0.29, 0.717) is 25.3 Å². The lowest BCUT2D eigenvalue weighted by molar-refractivity contribution is -0.132. The van der Waals surface area contributed by atoms with Gasteiger partial charge in [-0.3, -0.25) is 19.4 Å². The number of piperazine rings is 1. The van der Waals surface area contributed by atoms with Crippen molar-refractivity contribution in [2.45, 2.75) is 37.6 Å². The van der Waals surface area contributed by atoms with Crippen LogP contribution in [0.1, 0.15) is 25.3 Å². The highest BCUT2D eigenvalue weighted by Gasteiger charge is 2.28. The molecule has 2 fully saturated rings. The van der Waals surface area contributed by atoms with Gasteiger partial charge in [0.25, 0.3) is 0 Å². The van der Waals surface area contributed by atoms with Crippen LogP contribution in [0, 0.1) is 6.92 Å². The van der Waals surface area contributed by atoms with Gasteiger partial charge < -0.3 is 10.2 Å². The quantitative estimate of drug-likeness (QED) is 0.641. The molecule has 9 nitrogen and oxygen atoms in total. The average molecular weight is 466 g/mol. The van der Waals surface area contributed by atoms with Crippen LogP contribution < -0.4 is 5.32 Å². The van der Waals surface area contributed by atoms with Crippen LogP contribution in [0.4, 0.5) is 5.69 Å². The lowest BCUT2D eigenvalue weighted by atomic mass is 10.1. The van der Waals surface area contributed by atoms with Crippen molar-refractivity contribution in [1.82, 2.24) is 19.0 Å². The topological polar surface area (TPSA) is 93.3 Å². The molecule has 0 saturated carbocycles. The molecule has 0 aliphatic carbocycles. The molecule has 0 spiro atoms. The van der Waals surface area contributed by atoms with E-state index in [1.54, 1.807) is 12.1 Å². The number of carbonyl (C=O) groups is 2. The van der Waals surface area contributed by atoms with Crippen molar-refractivity contribution < 1.29 is 18.0 Å². The van der Waals surface area contributed by atoms with Crippen LogP contribution in [0.2, 0.25) is 0 Å². The summed E-state index contributed by atoms with van der Waals surface area (Å²) >= 11 is 0. The van der Waals surface area contributed by atoms with Crippen LogP contribution >= 0.6 is 0 Å². The molecule has 0 bridgehead atoms. The van der Waals surface area contributed by atoms with Crippen molar-refractivity contribution >= 4 is 27.5 Å². The SMILES string of the molecule is Cc1ccc(S(=O)(=O)N(C)C)cc1NC(=O)C(C)N1CCN(CC(=O)N2CCCC2)CC1. The molecule has 178 valence electrons. The molecule has 1 atom stereocenters. The predicted molar refractivity (Wildman–Crippen MR) is 124 cm³/mol. The van der Waals surface area contributed by atoms with Gasteiger partial charge in [-0.25, -0.2) is 12.7 Å². The summed E-state index contributed by atoms with van der Waals surface area (Å²) in [6, 6.07) is 4.40. The molecule has 2 saturated heterocycles. The molecule has 10 heteroatoms. The van der Waals surface area contributed by atoms with Crippen LogP contribution in [0.5, 0.6) is 0 Å². The molecule has 2 amide bonds. The smallest absolute Gasteiger partial charge is 0.242 e. The molecule has 2 aliphatic rings. The van der Waals surface area contributed by atoms with Crippen molar-refractivity contribution in [3.63, 3.8) is 0 Å². The van der Waals surface area contributed by atoms with Gasteiger partial charge in [0.15, 0.2) is 0 Å². The molecule has 3 rings (SSSR count). The number of rotatable bonds is 7. The van der Waals surface area contributed by atoms with E-state index in [0.717, 1.165) is 48.9 Å². The molecule has 2 heterocycles. The maximum Gasteiger partial charge on any atom is 0.242 e. The lowest BCUT2D eigenvalue weighted by Crippen LogP contribution is -2.54. The first-order chi connectivity index (χ1) is 15.1. The third-order valence-electron chi connectivity index (χ3n) is 6.40. The van der Waals surface area contributed by atoms with E-state index in [4.69, 9.17) is 0 Å². The molecule has 0 radical (unpaired) electrons. The third-order valence-corrected chi connectivity index (χ3v) is 8.21. The predicted octanol–water partition coefficient (Wildman–Crippen LogP) is 0.812. The number of benzene rings is 1. The summed E-state index contributed by atoms with van der Waals surface area (Å²) in [6.45, 7) is 8.77. The van der Waals surface area contributed by atoms with Gasteiger partial charge in [-0.2, -0.15) is 0 Å². The monoisotopic (exact) mass is 465 g/mol. The molecule has 2 aliphatic heterocycles. The zero-order valence-electron chi connectivity index (χ0n) is 19.5. The molecule has 32 heavy (non-hydrogen) atoms. The molecule has 1 aromatic rings. The summed E-state index contributed by atoms with van der Waals surface area (Å²) in [6.07, 6.45) is 2.19. The van der Waals surface area contributed by atoms with Gasteiger partial charge in [0.05, 0.1) is 17.5 Å². The van der Waals surface area contributed by atoms with Gasteiger partial charge in [-0.15, -0.1) is 0 Å². The normalized spacial score (nSPS) is 19.3. The van der Waals surface area contributed by atoms with Crippen molar-refractivity contribution in [3.8, 4) is 0 Å². The fourth-order valence-corrected chi connectivity index (χ4v) is 5.01. The summed E-state index contributed by atoms with van der Waals surface area (Å²) in [5, 5.41) is 2.90. The average Bonchev–Trinajstić information content (AvgIpc) is 3.30. The highest BCUT2D eigenvalue weighted by atomic mass is 32.2. The maximum absolute atomic E-state index is 12.9. The fourth-order valence-electron chi connectivity index (χ4n) is 4.08. The van der Waals surface area contributed by atoms with Gasteiger partial charge >= 0.3 is 0 Å².